The molecule has 0 atom stereocenters. The highest BCUT2D eigenvalue weighted by molar-refractivity contribution is 5.84. The van der Waals surface area contributed by atoms with E-state index in [0.717, 1.165) is 5.56 Å². The summed E-state index contributed by atoms with van der Waals surface area (Å²) in [6.45, 7) is 4.43. The molecule has 0 spiro atoms. The van der Waals surface area contributed by atoms with Gasteiger partial charge < -0.3 is 14.2 Å². The Morgan fingerprint density at radius 3 is 1.31 bits per heavy atom. The molecule has 6 aromatic rings. The molecule has 3 nitrogen and oxygen atoms in total. The van der Waals surface area contributed by atoms with Gasteiger partial charge in [0.15, 0.2) is 0 Å². The van der Waals surface area contributed by atoms with E-state index in [4.69, 9.17) is 14.2 Å². The largest absolute Gasteiger partial charge is 0.382 e. The van der Waals surface area contributed by atoms with Crippen LogP contribution in [0.5, 0.6) is 0 Å². The summed E-state index contributed by atoms with van der Waals surface area (Å²) in [5.74, 6) is 0. The molecular weight excluding hydrogens is 588 g/mol. The highest BCUT2D eigenvalue weighted by atomic mass is 16.5. The lowest BCUT2D eigenvalue weighted by Crippen LogP contribution is -2.32. The van der Waals surface area contributed by atoms with Crippen molar-refractivity contribution in [2.45, 2.75) is 25.4 Å². The standard InChI is InChI=1S/C44H38O3.CH4/c1-43(39-15-7-3-11-35(39)36-12-4-8-16-40(36)43)33-23-19-31(20-24-33)32-21-25-34(26-22-32)44(47-30-29-46-28-27-45-2)41-17-9-5-13-37(41)38-14-6-10-18-42(38)44;/h3-26H,27-30H2,1-2H3;1H4. The van der Waals surface area contributed by atoms with Crippen molar-refractivity contribution in [2.75, 3.05) is 33.5 Å². The van der Waals surface area contributed by atoms with E-state index in [2.05, 4.69) is 153 Å². The maximum Gasteiger partial charge on any atom is 0.145 e. The van der Waals surface area contributed by atoms with Gasteiger partial charge in [0.05, 0.1) is 26.4 Å². The summed E-state index contributed by atoms with van der Waals surface area (Å²) in [7, 11) is 1.69. The summed E-state index contributed by atoms with van der Waals surface area (Å²) in [6.07, 6.45) is 0. The molecule has 0 aliphatic heterocycles. The molecule has 240 valence electrons. The van der Waals surface area contributed by atoms with Gasteiger partial charge >= 0.3 is 0 Å². The first-order chi connectivity index (χ1) is 23.2. The average Bonchev–Trinajstić information content (AvgIpc) is 3.58. The number of benzene rings is 6. The van der Waals surface area contributed by atoms with E-state index in [9.17, 15) is 0 Å². The summed E-state index contributed by atoms with van der Waals surface area (Å²) in [5, 5.41) is 0. The molecule has 6 aromatic carbocycles. The van der Waals surface area contributed by atoms with Crippen molar-refractivity contribution >= 4 is 0 Å². The Morgan fingerprint density at radius 2 is 0.833 bits per heavy atom. The number of ether oxygens (including phenoxy) is 3. The van der Waals surface area contributed by atoms with Crippen molar-refractivity contribution in [3.8, 4) is 33.4 Å². The van der Waals surface area contributed by atoms with E-state index in [1.165, 1.54) is 61.2 Å². The van der Waals surface area contributed by atoms with Crippen LogP contribution >= 0.6 is 0 Å². The van der Waals surface area contributed by atoms with Crippen molar-refractivity contribution in [3.05, 3.63) is 179 Å². The zero-order valence-electron chi connectivity index (χ0n) is 26.9. The molecule has 0 fully saturated rings. The van der Waals surface area contributed by atoms with Gasteiger partial charge in [0.1, 0.15) is 5.60 Å². The Hall–Kier alpha value is -4.80. The highest BCUT2D eigenvalue weighted by Gasteiger charge is 2.46. The van der Waals surface area contributed by atoms with Crippen LogP contribution < -0.4 is 0 Å². The normalized spacial score (nSPS) is 14.4. The third-order valence-electron chi connectivity index (χ3n) is 10.2. The van der Waals surface area contributed by atoms with Crippen molar-refractivity contribution < 1.29 is 14.2 Å². The lowest BCUT2D eigenvalue weighted by molar-refractivity contribution is -0.0285. The van der Waals surface area contributed by atoms with Crippen LogP contribution in [0, 0.1) is 0 Å². The van der Waals surface area contributed by atoms with Crippen LogP contribution in [0.25, 0.3) is 33.4 Å². The molecular formula is C45H42O3. The van der Waals surface area contributed by atoms with Gasteiger partial charge in [0, 0.05) is 23.7 Å². The van der Waals surface area contributed by atoms with Gasteiger partial charge in [0.25, 0.3) is 0 Å². The van der Waals surface area contributed by atoms with Gasteiger partial charge in [-0.25, -0.2) is 0 Å². The van der Waals surface area contributed by atoms with Gasteiger partial charge in [-0.1, -0.05) is 153 Å². The van der Waals surface area contributed by atoms with E-state index in [-0.39, 0.29) is 12.8 Å². The van der Waals surface area contributed by atoms with Crippen molar-refractivity contribution in [2.24, 2.45) is 0 Å². The summed E-state index contributed by atoms with van der Waals surface area (Å²) in [6, 6.07) is 53.0. The summed E-state index contributed by atoms with van der Waals surface area (Å²) in [5.41, 5.74) is 14.0. The van der Waals surface area contributed by atoms with E-state index in [1.807, 2.05) is 0 Å². The average molecular weight is 631 g/mol. The zero-order valence-corrected chi connectivity index (χ0v) is 26.9. The van der Waals surface area contributed by atoms with E-state index in [1.54, 1.807) is 7.11 Å². The van der Waals surface area contributed by atoms with Crippen LogP contribution in [0.15, 0.2) is 146 Å². The Balaban J connectivity index is 0.00000364. The first kappa shape index (κ1) is 31.8. The monoisotopic (exact) mass is 630 g/mol. The third kappa shape index (κ3) is 4.93. The molecule has 48 heavy (non-hydrogen) atoms. The SMILES string of the molecule is C.COCCOCCOC1(c2ccc(-c3ccc(C4(C)c5ccccc5-c5ccccc54)cc3)cc2)c2ccccc2-c2ccccc21. The molecule has 0 bridgehead atoms. The van der Waals surface area contributed by atoms with Crippen LogP contribution in [-0.2, 0) is 25.2 Å². The molecule has 8 rings (SSSR count). The second-order valence-electron chi connectivity index (χ2n) is 12.6. The van der Waals surface area contributed by atoms with Crippen LogP contribution in [0.2, 0.25) is 0 Å². The number of rotatable bonds is 10. The van der Waals surface area contributed by atoms with Crippen molar-refractivity contribution in [3.63, 3.8) is 0 Å². The van der Waals surface area contributed by atoms with E-state index in [0.29, 0.717) is 26.4 Å². The van der Waals surface area contributed by atoms with Crippen LogP contribution in [0.1, 0.15) is 47.7 Å². The molecule has 0 saturated carbocycles. The Morgan fingerprint density at radius 1 is 0.438 bits per heavy atom. The maximum atomic E-state index is 6.93. The second kappa shape index (κ2) is 13.0. The first-order valence-corrected chi connectivity index (χ1v) is 16.5. The van der Waals surface area contributed by atoms with Gasteiger partial charge in [-0.15, -0.1) is 0 Å². The fourth-order valence-electron chi connectivity index (χ4n) is 7.90. The molecule has 0 radical (unpaired) electrons. The minimum absolute atomic E-state index is 0. The smallest absolute Gasteiger partial charge is 0.145 e. The van der Waals surface area contributed by atoms with Gasteiger partial charge in [0.2, 0.25) is 0 Å². The van der Waals surface area contributed by atoms with E-state index >= 15 is 0 Å². The summed E-state index contributed by atoms with van der Waals surface area (Å²) < 4.78 is 17.9. The Bertz CT molecular complexity index is 1950. The molecule has 2 aliphatic rings. The lowest BCUT2D eigenvalue weighted by Gasteiger charge is -2.33. The first-order valence-electron chi connectivity index (χ1n) is 16.5. The van der Waals surface area contributed by atoms with Gasteiger partial charge in [-0.2, -0.15) is 0 Å². The molecule has 0 aromatic heterocycles. The maximum absolute atomic E-state index is 6.93. The van der Waals surface area contributed by atoms with Crippen molar-refractivity contribution in [1.82, 2.24) is 0 Å². The van der Waals surface area contributed by atoms with Crippen LogP contribution in [0.3, 0.4) is 0 Å². The predicted octanol–water partition coefficient (Wildman–Crippen LogP) is 10.3. The molecule has 0 N–H and O–H groups in total. The lowest BCUT2D eigenvalue weighted by atomic mass is 9.74. The fourth-order valence-corrected chi connectivity index (χ4v) is 7.90. The van der Waals surface area contributed by atoms with Crippen LogP contribution in [-0.4, -0.2) is 33.5 Å². The number of fused-ring (bicyclic) bond motifs is 6. The molecule has 0 saturated heterocycles. The number of methoxy groups -OCH3 is 1. The minimum Gasteiger partial charge on any atom is -0.382 e. The number of hydrogen-bond acceptors (Lipinski definition) is 3. The minimum atomic E-state index is -0.724. The molecule has 0 heterocycles. The molecule has 0 amide bonds. The third-order valence-corrected chi connectivity index (χ3v) is 10.2. The quantitative estimate of drug-likeness (QED) is 0.141. The van der Waals surface area contributed by atoms with Crippen molar-refractivity contribution in [1.29, 1.82) is 0 Å². The fraction of sp³-hybridized carbons (Fsp3) is 0.200. The zero-order chi connectivity index (χ0) is 31.8. The Kier molecular flexibility index (Phi) is 8.61. The highest BCUT2D eigenvalue weighted by Crippen LogP contribution is 2.54. The topological polar surface area (TPSA) is 27.7 Å². The molecule has 2 aliphatic carbocycles. The van der Waals surface area contributed by atoms with Gasteiger partial charge in [-0.05, 0) is 62.6 Å². The summed E-state index contributed by atoms with van der Waals surface area (Å²) >= 11 is 0. The molecule has 3 heteroatoms. The molecule has 0 unspecified atom stereocenters. The predicted molar refractivity (Wildman–Crippen MR) is 196 cm³/mol. The summed E-state index contributed by atoms with van der Waals surface area (Å²) in [4.78, 5) is 0. The van der Waals surface area contributed by atoms with E-state index < -0.39 is 5.60 Å². The van der Waals surface area contributed by atoms with Gasteiger partial charge in [-0.3, -0.25) is 0 Å². The Labute approximate surface area is 284 Å². The number of hydrogen-bond donors (Lipinski definition) is 0. The second-order valence-corrected chi connectivity index (χ2v) is 12.6. The van der Waals surface area contributed by atoms with Crippen LogP contribution in [0.4, 0.5) is 0 Å².